The molecule has 9 heteroatoms. The molecule has 0 atom stereocenters. The van der Waals surface area contributed by atoms with Crippen LogP contribution in [0.25, 0.3) is 5.69 Å². The average Bonchev–Trinajstić information content (AvgIpc) is 2.92. The first-order valence-electron chi connectivity index (χ1n) is 6.00. The third-order valence-electron chi connectivity index (χ3n) is 2.53. The fourth-order valence-corrected chi connectivity index (χ4v) is 2.97. The first-order chi connectivity index (χ1) is 9.61. The van der Waals surface area contributed by atoms with Crippen LogP contribution >= 0.6 is 11.6 Å². The van der Waals surface area contributed by atoms with Crippen molar-refractivity contribution in [1.82, 2.24) is 20.2 Å². The van der Waals surface area contributed by atoms with Crippen molar-refractivity contribution in [2.75, 3.05) is 16.4 Å². The van der Waals surface area contributed by atoms with Crippen molar-refractivity contribution in [1.29, 1.82) is 0 Å². The molecule has 0 aliphatic heterocycles. The number of nitrogens with zero attached hydrogens (tertiary/aromatic N) is 4. The van der Waals surface area contributed by atoms with Crippen molar-refractivity contribution >= 4 is 27.3 Å². The molecule has 0 fully saturated rings. The number of unbranched alkanes of at least 4 members (excludes halogenated alkanes) is 1. The Morgan fingerprint density at radius 2 is 2.15 bits per heavy atom. The van der Waals surface area contributed by atoms with E-state index in [2.05, 4.69) is 20.2 Å². The van der Waals surface area contributed by atoms with Crippen molar-refractivity contribution < 1.29 is 8.42 Å². The number of hydrogen-bond acceptors (Lipinski definition) is 5. The molecule has 0 spiro atoms. The van der Waals surface area contributed by atoms with Gasteiger partial charge in [-0.05, 0) is 41.5 Å². The molecule has 2 rings (SSSR count). The van der Waals surface area contributed by atoms with Crippen LogP contribution in [-0.2, 0) is 10.0 Å². The third kappa shape index (κ3) is 4.17. The summed E-state index contributed by atoms with van der Waals surface area (Å²) in [4.78, 5) is 0. The first kappa shape index (κ1) is 14.7. The standard InChI is InChI=1S/C11H14ClN5O2S/c12-6-1-2-7-20(18,19)14-10-4-3-5-11(8-10)17-9-13-15-16-17/h3-5,8-9,14H,1-2,6-7H2. The highest BCUT2D eigenvalue weighted by Crippen LogP contribution is 2.15. The Bertz CT molecular complexity index is 645. The molecule has 0 aliphatic carbocycles. The quantitative estimate of drug-likeness (QED) is 0.616. The molecule has 1 N–H and O–H groups in total. The van der Waals surface area contributed by atoms with E-state index in [1.807, 2.05) is 0 Å². The van der Waals surface area contributed by atoms with Crippen molar-refractivity contribution in [3.63, 3.8) is 0 Å². The van der Waals surface area contributed by atoms with E-state index in [1.54, 1.807) is 24.3 Å². The van der Waals surface area contributed by atoms with Crippen LogP contribution in [0.4, 0.5) is 5.69 Å². The van der Waals surface area contributed by atoms with E-state index in [1.165, 1.54) is 11.0 Å². The summed E-state index contributed by atoms with van der Waals surface area (Å²) in [7, 11) is -3.36. The Morgan fingerprint density at radius 1 is 1.30 bits per heavy atom. The van der Waals surface area contributed by atoms with Crippen LogP contribution < -0.4 is 4.72 Å². The van der Waals surface area contributed by atoms with E-state index in [9.17, 15) is 8.42 Å². The van der Waals surface area contributed by atoms with Gasteiger partial charge in [-0.15, -0.1) is 16.7 Å². The minimum absolute atomic E-state index is 0.0504. The smallest absolute Gasteiger partial charge is 0.232 e. The van der Waals surface area contributed by atoms with Gasteiger partial charge in [0.05, 0.1) is 17.1 Å². The van der Waals surface area contributed by atoms with E-state index in [4.69, 9.17) is 11.6 Å². The number of hydrogen-bond donors (Lipinski definition) is 1. The maximum absolute atomic E-state index is 11.9. The lowest BCUT2D eigenvalue weighted by atomic mass is 10.3. The van der Waals surface area contributed by atoms with E-state index >= 15 is 0 Å². The number of aromatic nitrogens is 4. The molecule has 108 valence electrons. The molecule has 1 aromatic carbocycles. The molecule has 0 saturated heterocycles. The first-order valence-corrected chi connectivity index (χ1v) is 8.19. The second-order valence-corrected chi connectivity index (χ2v) is 6.34. The summed E-state index contributed by atoms with van der Waals surface area (Å²) in [6.07, 6.45) is 2.65. The Hall–Kier alpha value is -1.67. The number of sulfonamides is 1. The zero-order chi connectivity index (χ0) is 14.4. The number of alkyl halides is 1. The molecule has 7 nitrogen and oxygen atoms in total. The Morgan fingerprint density at radius 3 is 2.85 bits per heavy atom. The fourth-order valence-electron chi connectivity index (χ4n) is 1.61. The van der Waals surface area contributed by atoms with Crippen LogP contribution in [0.15, 0.2) is 30.6 Å². The van der Waals surface area contributed by atoms with Gasteiger partial charge in [-0.3, -0.25) is 4.72 Å². The highest BCUT2D eigenvalue weighted by atomic mass is 35.5. The summed E-state index contributed by atoms with van der Waals surface area (Å²) < 4.78 is 27.7. The summed E-state index contributed by atoms with van der Waals surface area (Å²) in [5, 5.41) is 10.8. The summed E-state index contributed by atoms with van der Waals surface area (Å²) in [6, 6.07) is 6.84. The monoisotopic (exact) mass is 315 g/mol. The van der Waals surface area contributed by atoms with Crippen molar-refractivity contribution in [3.05, 3.63) is 30.6 Å². The zero-order valence-corrected chi connectivity index (χ0v) is 12.2. The van der Waals surface area contributed by atoms with Gasteiger partial charge in [0.1, 0.15) is 6.33 Å². The van der Waals surface area contributed by atoms with Crippen LogP contribution in [-0.4, -0.2) is 40.3 Å². The van der Waals surface area contributed by atoms with Gasteiger partial charge in [-0.1, -0.05) is 6.07 Å². The fraction of sp³-hybridized carbons (Fsp3) is 0.364. The maximum Gasteiger partial charge on any atom is 0.232 e. The summed E-state index contributed by atoms with van der Waals surface area (Å²) in [5.74, 6) is 0.513. The van der Waals surface area contributed by atoms with Gasteiger partial charge in [0.2, 0.25) is 10.0 Å². The molecule has 0 amide bonds. The van der Waals surface area contributed by atoms with Crippen LogP contribution in [0.3, 0.4) is 0 Å². The van der Waals surface area contributed by atoms with Gasteiger partial charge in [-0.25, -0.2) is 13.1 Å². The Labute approximate surface area is 122 Å². The second kappa shape index (κ2) is 6.67. The lowest BCUT2D eigenvalue weighted by Gasteiger charge is -2.08. The van der Waals surface area contributed by atoms with Gasteiger partial charge < -0.3 is 0 Å². The maximum atomic E-state index is 11.9. The number of nitrogens with one attached hydrogen (secondary N) is 1. The van der Waals surface area contributed by atoms with Gasteiger partial charge in [-0.2, -0.15) is 0 Å². The number of halogens is 1. The highest BCUT2D eigenvalue weighted by Gasteiger charge is 2.10. The summed E-state index contributed by atoms with van der Waals surface area (Å²) in [6.45, 7) is 0. The molecule has 0 bridgehead atoms. The molecule has 0 radical (unpaired) electrons. The zero-order valence-electron chi connectivity index (χ0n) is 10.6. The summed E-state index contributed by atoms with van der Waals surface area (Å²) >= 11 is 5.53. The van der Waals surface area contributed by atoms with Gasteiger partial charge in [0.25, 0.3) is 0 Å². The molecular weight excluding hydrogens is 302 g/mol. The molecule has 1 heterocycles. The van der Waals surface area contributed by atoms with Crippen LogP contribution in [0.1, 0.15) is 12.8 Å². The van der Waals surface area contributed by atoms with E-state index in [0.717, 1.165) is 0 Å². The number of benzene rings is 1. The molecule has 0 unspecified atom stereocenters. The lowest BCUT2D eigenvalue weighted by Crippen LogP contribution is -2.17. The summed E-state index contributed by atoms with van der Waals surface area (Å²) in [5.41, 5.74) is 1.15. The van der Waals surface area contributed by atoms with Gasteiger partial charge >= 0.3 is 0 Å². The van der Waals surface area contributed by atoms with E-state index in [-0.39, 0.29) is 5.75 Å². The molecule has 0 aliphatic rings. The number of rotatable bonds is 7. The molecular formula is C11H14ClN5O2S. The molecule has 20 heavy (non-hydrogen) atoms. The predicted octanol–water partition coefficient (Wildman–Crippen LogP) is 1.42. The average molecular weight is 316 g/mol. The highest BCUT2D eigenvalue weighted by molar-refractivity contribution is 7.92. The number of anilines is 1. The molecule has 0 saturated carbocycles. The normalized spacial score (nSPS) is 11.4. The topological polar surface area (TPSA) is 89.8 Å². The van der Waals surface area contributed by atoms with Gasteiger partial charge in [0.15, 0.2) is 0 Å². The SMILES string of the molecule is O=S(=O)(CCCCCl)Nc1cccc(-n2cnnn2)c1. The van der Waals surface area contributed by atoms with E-state index < -0.39 is 10.0 Å². The minimum atomic E-state index is -3.36. The second-order valence-electron chi connectivity index (χ2n) is 4.12. The van der Waals surface area contributed by atoms with Crippen LogP contribution in [0.5, 0.6) is 0 Å². The minimum Gasteiger partial charge on any atom is -0.283 e. The van der Waals surface area contributed by atoms with Gasteiger partial charge in [0, 0.05) is 5.88 Å². The Balaban J connectivity index is 2.08. The predicted molar refractivity (Wildman–Crippen MR) is 76.5 cm³/mol. The lowest BCUT2D eigenvalue weighted by molar-refractivity contribution is 0.598. The van der Waals surface area contributed by atoms with Crippen molar-refractivity contribution in [2.45, 2.75) is 12.8 Å². The largest absolute Gasteiger partial charge is 0.283 e. The Kier molecular flexibility index (Phi) is 4.91. The van der Waals surface area contributed by atoms with Crippen LogP contribution in [0.2, 0.25) is 0 Å². The number of tetrazole rings is 1. The third-order valence-corrected chi connectivity index (χ3v) is 4.17. The van der Waals surface area contributed by atoms with Crippen molar-refractivity contribution in [2.24, 2.45) is 0 Å². The van der Waals surface area contributed by atoms with E-state index in [0.29, 0.717) is 30.1 Å². The molecule has 2 aromatic rings. The van der Waals surface area contributed by atoms with Crippen LogP contribution in [0, 0.1) is 0 Å². The van der Waals surface area contributed by atoms with Crippen molar-refractivity contribution in [3.8, 4) is 5.69 Å². The molecule has 1 aromatic heterocycles.